The molecule has 0 saturated carbocycles. The van der Waals surface area contributed by atoms with Crippen LogP contribution >= 0.6 is 0 Å². The number of hydrogen-bond donors (Lipinski definition) is 0. The second kappa shape index (κ2) is 4.22. The van der Waals surface area contributed by atoms with E-state index in [1.165, 1.54) is 19.2 Å². The summed E-state index contributed by atoms with van der Waals surface area (Å²) in [6.45, 7) is 0. The predicted octanol–water partition coefficient (Wildman–Crippen LogP) is 1.16. The first-order valence-electron chi connectivity index (χ1n) is 4.90. The molecule has 1 heterocycles. The van der Waals surface area contributed by atoms with Crippen molar-refractivity contribution in [3.8, 4) is 0 Å². The van der Waals surface area contributed by atoms with E-state index in [0.29, 0.717) is 0 Å². The molecule has 0 aliphatic heterocycles. The summed E-state index contributed by atoms with van der Waals surface area (Å²) in [7, 11) is -2.54. The molecule has 0 fully saturated rings. The Labute approximate surface area is 103 Å². The van der Waals surface area contributed by atoms with Crippen LogP contribution in [0.5, 0.6) is 0 Å². The largest absolute Gasteiger partial charge is 0.401 e. The van der Waals surface area contributed by atoms with Crippen LogP contribution in [0.1, 0.15) is 0 Å². The number of sulfone groups is 1. The molecule has 2 rings (SSSR count). The van der Waals surface area contributed by atoms with Crippen molar-refractivity contribution in [1.82, 2.24) is 9.55 Å². The Morgan fingerprint density at radius 1 is 1.28 bits per heavy atom. The van der Waals surface area contributed by atoms with Gasteiger partial charge in [0.15, 0.2) is 0 Å². The summed E-state index contributed by atoms with van der Waals surface area (Å²) in [6.07, 6.45) is 1.11. The van der Waals surface area contributed by atoms with Gasteiger partial charge in [0.1, 0.15) is 0 Å². The maximum atomic E-state index is 12.3. The molecule has 18 heavy (non-hydrogen) atoms. The average molecular weight is 267 g/mol. The van der Waals surface area contributed by atoms with E-state index in [2.05, 4.69) is 4.98 Å². The van der Waals surface area contributed by atoms with Crippen molar-refractivity contribution in [2.24, 2.45) is 7.05 Å². The van der Waals surface area contributed by atoms with E-state index in [0.717, 1.165) is 10.9 Å². The zero-order chi connectivity index (χ0) is 13.3. The van der Waals surface area contributed by atoms with Gasteiger partial charge in [-0.05, 0) is 22.0 Å². The normalized spacial score (nSPS) is 11.4. The first-order chi connectivity index (χ1) is 8.44. The first kappa shape index (κ1) is 12.2. The number of imidazole rings is 1. The van der Waals surface area contributed by atoms with Crippen molar-refractivity contribution in [2.75, 3.05) is 0 Å². The number of nitrogens with zero attached hydrogens (tertiary/aromatic N) is 3. The summed E-state index contributed by atoms with van der Waals surface area (Å²) in [4.78, 5) is 13.5. The lowest BCUT2D eigenvalue weighted by Gasteiger charge is -2.04. The number of nitro groups is 1. The summed E-state index contributed by atoms with van der Waals surface area (Å²) >= 11 is 0. The summed E-state index contributed by atoms with van der Waals surface area (Å²) in [5.74, 6) is -0.665. The van der Waals surface area contributed by atoms with Crippen LogP contribution in [0.15, 0.2) is 46.6 Å². The third-order valence-electron chi connectivity index (χ3n) is 2.35. The van der Waals surface area contributed by atoms with Crippen molar-refractivity contribution >= 4 is 15.7 Å². The molecule has 94 valence electrons. The SMILES string of the molecule is Cn1cnc([N+](=O)[O-])c1S(=O)(=O)c1ccccc1. The highest BCUT2D eigenvalue weighted by Gasteiger charge is 2.32. The van der Waals surface area contributed by atoms with E-state index in [1.54, 1.807) is 18.2 Å². The molecule has 8 heteroatoms. The van der Waals surface area contributed by atoms with Gasteiger partial charge in [0.25, 0.3) is 0 Å². The molecule has 0 unspecified atom stereocenters. The molecule has 0 aliphatic rings. The lowest BCUT2D eigenvalue weighted by atomic mass is 10.4. The molecule has 0 radical (unpaired) electrons. The predicted molar refractivity (Wildman–Crippen MR) is 61.8 cm³/mol. The highest BCUT2D eigenvalue weighted by molar-refractivity contribution is 7.91. The van der Waals surface area contributed by atoms with Gasteiger partial charge in [-0.15, -0.1) is 0 Å². The lowest BCUT2D eigenvalue weighted by molar-refractivity contribution is -0.392. The molecule has 1 aromatic heterocycles. The molecular formula is C10H9N3O4S. The number of benzene rings is 1. The smallest absolute Gasteiger partial charge is 0.358 e. The van der Waals surface area contributed by atoms with E-state index >= 15 is 0 Å². The van der Waals surface area contributed by atoms with Crippen LogP contribution in [-0.4, -0.2) is 22.9 Å². The van der Waals surface area contributed by atoms with E-state index in [1.807, 2.05) is 0 Å². The molecule has 0 N–H and O–H groups in total. The number of aryl methyl sites for hydroxylation is 1. The first-order valence-corrected chi connectivity index (χ1v) is 6.39. The lowest BCUT2D eigenvalue weighted by Crippen LogP contribution is -2.09. The van der Waals surface area contributed by atoms with Crippen molar-refractivity contribution in [1.29, 1.82) is 0 Å². The van der Waals surface area contributed by atoms with E-state index < -0.39 is 25.6 Å². The Hall–Kier alpha value is -2.22. The van der Waals surface area contributed by atoms with Crippen molar-refractivity contribution < 1.29 is 13.3 Å². The van der Waals surface area contributed by atoms with Crippen LogP contribution in [0.25, 0.3) is 0 Å². The van der Waals surface area contributed by atoms with Crippen molar-refractivity contribution in [2.45, 2.75) is 9.92 Å². The van der Waals surface area contributed by atoms with Gasteiger partial charge in [0, 0.05) is 7.05 Å². The fraction of sp³-hybridized carbons (Fsp3) is 0.100. The molecule has 0 atom stereocenters. The topological polar surface area (TPSA) is 95.1 Å². The molecule has 1 aromatic carbocycles. The van der Waals surface area contributed by atoms with Crippen LogP contribution in [-0.2, 0) is 16.9 Å². The van der Waals surface area contributed by atoms with Crippen LogP contribution in [0.4, 0.5) is 5.82 Å². The van der Waals surface area contributed by atoms with Crippen molar-refractivity contribution in [3.05, 3.63) is 46.8 Å². The van der Waals surface area contributed by atoms with Crippen LogP contribution < -0.4 is 0 Å². The summed E-state index contributed by atoms with van der Waals surface area (Å²) in [5, 5.41) is 10.4. The minimum atomic E-state index is -3.94. The third-order valence-corrected chi connectivity index (χ3v) is 4.22. The second-order valence-corrected chi connectivity index (χ2v) is 5.42. The number of aromatic nitrogens is 2. The standard InChI is InChI=1S/C10H9N3O4S/c1-12-7-11-9(13(14)15)10(12)18(16,17)8-5-3-2-4-6-8/h2-7H,1H3. The van der Waals surface area contributed by atoms with E-state index in [-0.39, 0.29) is 4.90 Å². The highest BCUT2D eigenvalue weighted by atomic mass is 32.2. The number of hydrogen-bond acceptors (Lipinski definition) is 5. The van der Waals surface area contributed by atoms with Gasteiger partial charge in [-0.1, -0.05) is 18.2 Å². The third kappa shape index (κ3) is 1.86. The monoisotopic (exact) mass is 267 g/mol. The molecule has 7 nitrogen and oxygen atoms in total. The van der Waals surface area contributed by atoms with Gasteiger partial charge in [-0.3, -0.25) is 4.57 Å². The Morgan fingerprint density at radius 3 is 2.44 bits per heavy atom. The van der Waals surface area contributed by atoms with Gasteiger partial charge in [0.2, 0.25) is 21.2 Å². The molecule has 2 aromatic rings. The molecule has 0 saturated heterocycles. The van der Waals surface area contributed by atoms with Crippen LogP contribution in [0, 0.1) is 10.1 Å². The highest BCUT2D eigenvalue weighted by Crippen LogP contribution is 2.27. The number of rotatable bonds is 3. The maximum Gasteiger partial charge on any atom is 0.401 e. The summed E-state index contributed by atoms with van der Waals surface area (Å²) in [5.41, 5.74) is 0. The quantitative estimate of drug-likeness (QED) is 0.614. The second-order valence-electron chi connectivity index (χ2n) is 3.56. The average Bonchev–Trinajstić information content (AvgIpc) is 2.73. The zero-order valence-electron chi connectivity index (χ0n) is 9.35. The summed E-state index contributed by atoms with van der Waals surface area (Å²) < 4.78 is 25.7. The Bertz CT molecular complexity index is 691. The molecule has 0 spiro atoms. The van der Waals surface area contributed by atoms with Crippen LogP contribution in [0.2, 0.25) is 0 Å². The van der Waals surface area contributed by atoms with E-state index in [4.69, 9.17) is 0 Å². The minimum Gasteiger partial charge on any atom is -0.358 e. The van der Waals surface area contributed by atoms with Crippen LogP contribution in [0.3, 0.4) is 0 Å². The molecular weight excluding hydrogens is 258 g/mol. The van der Waals surface area contributed by atoms with Gasteiger partial charge in [-0.25, -0.2) is 8.42 Å². The molecule has 0 amide bonds. The minimum absolute atomic E-state index is 0.00306. The van der Waals surface area contributed by atoms with Crippen molar-refractivity contribution in [3.63, 3.8) is 0 Å². The van der Waals surface area contributed by atoms with Gasteiger partial charge >= 0.3 is 5.82 Å². The Kier molecular flexibility index (Phi) is 2.87. The van der Waals surface area contributed by atoms with Gasteiger partial charge in [0.05, 0.1) is 4.90 Å². The Morgan fingerprint density at radius 2 is 1.89 bits per heavy atom. The Balaban J connectivity index is 2.69. The summed E-state index contributed by atoms with van der Waals surface area (Å²) in [6, 6.07) is 7.53. The fourth-order valence-corrected chi connectivity index (χ4v) is 3.09. The fourth-order valence-electron chi connectivity index (χ4n) is 1.55. The van der Waals surface area contributed by atoms with Gasteiger partial charge < -0.3 is 10.1 Å². The van der Waals surface area contributed by atoms with Gasteiger partial charge in [-0.2, -0.15) is 0 Å². The van der Waals surface area contributed by atoms with E-state index in [9.17, 15) is 18.5 Å². The zero-order valence-corrected chi connectivity index (χ0v) is 10.2. The molecule has 0 aliphatic carbocycles. The maximum absolute atomic E-state index is 12.3. The molecule has 0 bridgehead atoms.